The third kappa shape index (κ3) is 2.24. The zero-order valence-electron chi connectivity index (χ0n) is 10.9. The van der Waals surface area contributed by atoms with E-state index in [1.165, 1.54) is 6.42 Å². The highest BCUT2D eigenvalue weighted by molar-refractivity contribution is 5.66. The van der Waals surface area contributed by atoms with E-state index in [2.05, 4.69) is 16.9 Å². The Bertz CT molecular complexity index is 388. The molecule has 0 bridgehead atoms. The second-order valence-electron chi connectivity index (χ2n) is 4.72. The van der Waals surface area contributed by atoms with E-state index >= 15 is 0 Å². The van der Waals surface area contributed by atoms with Crippen LogP contribution in [0, 0.1) is 5.92 Å². The number of nitrogen functional groups attached to an aromatic ring is 1. The summed E-state index contributed by atoms with van der Waals surface area (Å²) < 4.78 is 7.12. The molecule has 1 aliphatic rings. The van der Waals surface area contributed by atoms with E-state index in [0.717, 1.165) is 43.3 Å². The Kier molecular flexibility index (Phi) is 3.57. The number of anilines is 2. The van der Waals surface area contributed by atoms with Gasteiger partial charge in [-0.05, 0) is 12.8 Å². The zero-order valence-corrected chi connectivity index (χ0v) is 10.9. The molecule has 5 nitrogen and oxygen atoms in total. The number of aromatic nitrogens is 2. The molecular formula is C12H22N4O. The van der Waals surface area contributed by atoms with Gasteiger partial charge >= 0.3 is 0 Å². The second-order valence-corrected chi connectivity index (χ2v) is 4.72. The van der Waals surface area contributed by atoms with Gasteiger partial charge in [0.15, 0.2) is 0 Å². The summed E-state index contributed by atoms with van der Waals surface area (Å²) in [6.07, 6.45) is 2.05. The average molecular weight is 238 g/mol. The summed E-state index contributed by atoms with van der Waals surface area (Å²) in [4.78, 5) is 2.32. The van der Waals surface area contributed by atoms with E-state index in [1.807, 2.05) is 11.7 Å². The van der Waals surface area contributed by atoms with E-state index in [9.17, 15) is 0 Å². The van der Waals surface area contributed by atoms with Crippen molar-refractivity contribution in [3.63, 3.8) is 0 Å². The van der Waals surface area contributed by atoms with Gasteiger partial charge in [0, 0.05) is 33.2 Å². The van der Waals surface area contributed by atoms with Gasteiger partial charge in [0.2, 0.25) is 0 Å². The quantitative estimate of drug-likeness (QED) is 0.851. The maximum absolute atomic E-state index is 6.16. The van der Waals surface area contributed by atoms with Gasteiger partial charge in [-0.3, -0.25) is 4.68 Å². The Morgan fingerprint density at radius 1 is 1.53 bits per heavy atom. The Morgan fingerprint density at radius 2 is 2.29 bits per heavy atom. The summed E-state index contributed by atoms with van der Waals surface area (Å²) in [5, 5.41) is 4.46. The third-order valence-electron chi connectivity index (χ3n) is 3.45. The van der Waals surface area contributed by atoms with Gasteiger partial charge in [-0.1, -0.05) is 6.92 Å². The van der Waals surface area contributed by atoms with Gasteiger partial charge in [0.25, 0.3) is 0 Å². The maximum Gasteiger partial charge on any atom is 0.150 e. The lowest BCUT2D eigenvalue weighted by Crippen LogP contribution is -2.24. The van der Waals surface area contributed by atoms with Crippen molar-refractivity contribution in [1.29, 1.82) is 0 Å². The lowest BCUT2D eigenvalue weighted by Gasteiger charge is -2.19. The van der Waals surface area contributed by atoms with Crippen LogP contribution in [0.1, 0.15) is 19.0 Å². The van der Waals surface area contributed by atoms with Crippen molar-refractivity contribution in [3.05, 3.63) is 5.69 Å². The molecule has 0 spiro atoms. The largest absolute Gasteiger partial charge is 0.394 e. The molecule has 17 heavy (non-hydrogen) atoms. The van der Waals surface area contributed by atoms with Gasteiger partial charge in [-0.2, -0.15) is 5.10 Å². The average Bonchev–Trinajstić information content (AvgIpc) is 2.84. The second kappa shape index (κ2) is 4.96. The molecule has 1 aromatic rings. The van der Waals surface area contributed by atoms with Crippen LogP contribution < -0.4 is 10.6 Å². The summed E-state index contributed by atoms with van der Waals surface area (Å²) in [5.74, 6) is 1.68. The minimum absolute atomic E-state index is 0.611. The zero-order chi connectivity index (χ0) is 12.4. The van der Waals surface area contributed by atoms with Crippen LogP contribution in [0.5, 0.6) is 0 Å². The first-order chi connectivity index (χ1) is 8.17. The lowest BCUT2D eigenvalue weighted by atomic mass is 10.1. The highest BCUT2D eigenvalue weighted by atomic mass is 16.5. The highest BCUT2D eigenvalue weighted by Crippen LogP contribution is 2.30. The van der Waals surface area contributed by atoms with Gasteiger partial charge < -0.3 is 15.4 Å². The van der Waals surface area contributed by atoms with Crippen LogP contribution in [0.25, 0.3) is 0 Å². The fourth-order valence-corrected chi connectivity index (χ4v) is 2.62. The summed E-state index contributed by atoms with van der Waals surface area (Å²) >= 11 is 0. The molecule has 0 radical (unpaired) electrons. The number of methoxy groups -OCH3 is 1. The number of hydrogen-bond acceptors (Lipinski definition) is 4. The van der Waals surface area contributed by atoms with Crippen LogP contribution in [-0.4, -0.2) is 36.6 Å². The summed E-state index contributed by atoms with van der Waals surface area (Å²) in [5.41, 5.74) is 8.00. The molecule has 1 fully saturated rings. The summed E-state index contributed by atoms with van der Waals surface area (Å²) in [6, 6.07) is 0. The smallest absolute Gasteiger partial charge is 0.150 e. The van der Waals surface area contributed by atoms with Crippen molar-refractivity contribution in [2.75, 3.05) is 37.4 Å². The standard InChI is InChI=1S/C12H22N4O/c1-4-10-11(13)12(15(2)14-10)16-6-5-9(7-16)8-17-3/h9H,4-8,13H2,1-3H3. The molecule has 1 aromatic heterocycles. The topological polar surface area (TPSA) is 56.3 Å². The lowest BCUT2D eigenvalue weighted by molar-refractivity contribution is 0.161. The highest BCUT2D eigenvalue weighted by Gasteiger charge is 2.27. The normalized spacial score (nSPS) is 20.2. The van der Waals surface area contributed by atoms with Crippen LogP contribution in [0.15, 0.2) is 0 Å². The number of nitrogens with zero attached hydrogens (tertiary/aromatic N) is 3. The van der Waals surface area contributed by atoms with Gasteiger partial charge in [0.05, 0.1) is 18.0 Å². The first-order valence-electron chi connectivity index (χ1n) is 6.22. The van der Waals surface area contributed by atoms with Gasteiger partial charge in [-0.15, -0.1) is 0 Å². The number of nitrogens with two attached hydrogens (primary N) is 1. The Morgan fingerprint density at radius 3 is 2.88 bits per heavy atom. The van der Waals surface area contributed by atoms with Crippen molar-refractivity contribution >= 4 is 11.5 Å². The molecule has 1 atom stereocenters. The molecule has 2 N–H and O–H groups in total. The molecule has 2 rings (SSSR count). The van der Waals surface area contributed by atoms with Crippen LogP contribution in [-0.2, 0) is 18.2 Å². The molecule has 1 saturated heterocycles. The molecule has 0 amide bonds. The third-order valence-corrected chi connectivity index (χ3v) is 3.45. The Hall–Kier alpha value is -1.23. The predicted octanol–water partition coefficient (Wildman–Crippen LogP) is 1.04. The Balaban J connectivity index is 2.15. The molecule has 2 heterocycles. The van der Waals surface area contributed by atoms with Gasteiger partial charge in [0.1, 0.15) is 5.82 Å². The van der Waals surface area contributed by atoms with E-state index in [-0.39, 0.29) is 0 Å². The van der Waals surface area contributed by atoms with Crippen molar-refractivity contribution in [1.82, 2.24) is 9.78 Å². The molecule has 0 aromatic carbocycles. The molecule has 0 aliphatic carbocycles. The first-order valence-corrected chi connectivity index (χ1v) is 6.22. The van der Waals surface area contributed by atoms with Crippen LogP contribution >= 0.6 is 0 Å². The number of ether oxygens (including phenoxy) is 1. The molecule has 0 saturated carbocycles. The fraction of sp³-hybridized carbons (Fsp3) is 0.750. The van der Waals surface area contributed by atoms with E-state index in [0.29, 0.717) is 5.92 Å². The minimum Gasteiger partial charge on any atom is -0.394 e. The summed E-state index contributed by atoms with van der Waals surface area (Å²) in [6.45, 7) is 4.97. The number of aryl methyl sites for hydroxylation is 2. The first kappa shape index (κ1) is 12.2. The molecule has 1 unspecified atom stereocenters. The monoisotopic (exact) mass is 238 g/mol. The van der Waals surface area contributed by atoms with Crippen molar-refractivity contribution in [3.8, 4) is 0 Å². The molecule has 96 valence electrons. The SMILES string of the molecule is CCc1nn(C)c(N2CCC(COC)C2)c1N. The molecule has 5 heteroatoms. The van der Waals surface area contributed by atoms with Crippen LogP contribution in [0.2, 0.25) is 0 Å². The fourth-order valence-electron chi connectivity index (χ4n) is 2.62. The van der Waals surface area contributed by atoms with Crippen molar-refractivity contribution in [2.45, 2.75) is 19.8 Å². The number of hydrogen-bond donors (Lipinski definition) is 1. The van der Waals surface area contributed by atoms with Crippen LogP contribution in [0.4, 0.5) is 11.5 Å². The van der Waals surface area contributed by atoms with E-state index in [4.69, 9.17) is 10.5 Å². The summed E-state index contributed by atoms with van der Waals surface area (Å²) in [7, 11) is 3.73. The van der Waals surface area contributed by atoms with Crippen LogP contribution in [0.3, 0.4) is 0 Å². The van der Waals surface area contributed by atoms with E-state index in [1.54, 1.807) is 7.11 Å². The van der Waals surface area contributed by atoms with Crippen molar-refractivity contribution in [2.24, 2.45) is 13.0 Å². The van der Waals surface area contributed by atoms with Gasteiger partial charge in [-0.25, -0.2) is 0 Å². The minimum atomic E-state index is 0.611. The maximum atomic E-state index is 6.16. The molecule has 1 aliphatic heterocycles. The molecular weight excluding hydrogens is 216 g/mol. The Labute approximate surface area is 103 Å². The predicted molar refractivity (Wildman–Crippen MR) is 69.2 cm³/mol. The van der Waals surface area contributed by atoms with Crippen molar-refractivity contribution < 1.29 is 4.74 Å². The van der Waals surface area contributed by atoms with E-state index < -0.39 is 0 Å². The number of rotatable bonds is 4.